The van der Waals surface area contributed by atoms with Crippen molar-refractivity contribution in [1.29, 1.82) is 0 Å². The average molecular weight is 398 g/mol. The van der Waals surface area contributed by atoms with Crippen LogP contribution >= 0.6 is 22.6 Å². The molecule has 0 radical (unpaired) electrons. The maximum Gasteiger partial charge on any atom is 0.436 e. The van der Waals surface area contributed by atoms with Gasteiger partial charge in [-0.2, -0.15) is 26.3 Å². The second-order valence-corrected chi connectivity index (χ2v) is 5.28. The van der Waals surface area contributed by atoms with Gasteiger partial charge in [0.2, 0.25) is 0 Å². The van der Waals surface area contributed by atoms with Crippen LogP contribution in [0.15, 0.2) is 30.3 Å². The van der Waals surface area contributed by atoms with Crippen LogP contribution in [-0.2, 0) is 4.74 Å². The quantitative estimate of drug-likeness (QED) is 0.395. The molecule has 108 valence electrons. The minimum Gasteiger partial charge on any atom is -0.341 e. The second kappa shape index (κ2) is 5.47. The normalized spacial score (nSPS) is 15.4. The van der Waals surface area contributed by atoms with Crippen LogP contribution in [0.3, 0.4) is 0 Å². The first-order valence-electron chi connectivity index (χ1n) is 5.04. The van der Waals surface area contributed by atoms with Gasteiger partial charge in [0.1, 0.15) is 0 Å². The molecule has 1 rings (SSSR count). The minimum atomic E-state index is -5.56. The summed E-state index contributed by atoms with van der Waals surface area (Å²) in [5.74, 6) is 0. The lowest BCUT2D eigenvalue weighted by Crippen LogP contribution is -2.54. The van der Waals surface area contributed by atoms with E-state index in [1.807, 2.05) is 0 Å². The topological polar surface area (TPSA) is 9.23 Å². The van der Waals surface area contributed by atoms with Gasteiger partial charge in [-0.3, -0.25) is 0 Å². The molecule has 19 heavy (non-hydrogen) atoms. The molecule has 0 aliphatic rings. The highest BCUT2D eigenvalue weighted by Gasteiger charge is 2.71. The van der Waals surface area contributed by atoms with Crippen molar-refractivity contribution in [2.24, 2.45) is 0 Å². The standard InChI is InChI=1S/C11H9F6IO/c1-7(8-5-3-2-4-6-8)19-9(18,10(12,13)14)11(15,16)17/h2-7H,1H3. The van der Waals surface area contributed by atoms with E-state index in [4.69, 9.17) is 0 Å². The van der Waals surface area contributed by atoms with Gasteiger partial charge in [0, 0.05) is 0 Å². The van der Waals surface area contributed by atoms with Gasteiger partial charge in [-0.15, -0.1) is 0 Å². The average Bonchev–Trinajstić information content (AvgIpc) is 2.27. The Balaban J connectivity index is 3.04. The smallest absolute Gasteiger partial charge is 0.341 e. The molecular weight excluding hydrogens is 389 g/mol. The van der Waals surface area contributed by atoms with Crippen LogP contribution in [0.1, 0.15) is 18.6 Å². The van der Waals surface area contributed by atoms with Crippen LogP contribution in [-0.4, -0.2) is 16.0 Å². The molecule has 0 fully saturated rings. The Morgan fingerprint density at radius 1 is 0.947 bits per heavy atom. The van der Waals surface area contributed by atoms with E-state index >= 15 is 0 Å². The third kappa shape index (κ3) is 3.53. The van der Waals surface area contributed by atoms with Crippen molar-refractivity contribution >= 4 is 22.6 Å². The van der Waals surface area contributed by atoms with E-state index in [1.54, 1.807) is 6.07 Å². The molecule has 0 spiro atoms. The lowest BCUT2D eigenvalue weighted by Gasteiger charge is -2.34. The van der Waals surface area contributed by atoms with Crippen LogP contribution in [0.4, 0.5) is 26.3 Å². The van der Waals surface area contributed by atoms with E-state index in [9.17, 15) is 26.3 Å². The van der Waals surface area contributed by atoms with E-state index in [2.05, 4.69) is 4.74 Å². The first kappa shape index (κ1) is 16.5. The Morgan fingerprint density at radius 3 is 1.74 bits per heavy atom. The summed E-state index contributed by atoms with van der Waals surface area (Å²) < 4.78 is 75.8. The number of halogens is 7. The lowest BCUT2D eigenvalue weighted by molar-refractivity contribution is -0.340. The Hall–Kier alpha value is -0.510. The molecule has 0 saturated carbocycles. The fourth-order valence-electron chi connectivity index (χ4n) is 1.33. The monoisotopic (exact) mass is 398 g/mol. The van der Waals surface area contributed by atoms with Crippen molar-refractivity contribution in [1.82, 2.24) is 0 Å². The Bertz CT molecular complexity index is 399. The molecule has 0 amide bonds. The first-order chi connectivity index (χ1) is 8.49. The van der Waals surface area contributed by atoms with Gasteiger partial charge in [-0.25, -0.2) is 0 Å². The van der Waals surface area contributed by atoms with E-state index in [-0.39, 0.29) is 28.2 Å². The van der Waals surface area contributed by atoms with Crippen molar-refractivity contribution in [3.05, 3.63) is 35.9 Å². The van der Waals surface area contributed by atoms with Crippen LogP contribution in [0.25, 0.3) is 0 Å². The molecule has 0 saturated heterocycles. The Kier molecular flexibility index (Phi) is 4.76. The van der Waals surface area contributed by atoms with E-state index in [0.717, 1.165) is 6.92 Å². The largest absolute Gasteiger partial charge is 0.436 e. The number of hydrogen-bond donors (Lipinski definition) is 0. The molecule has 0 aromatic heterocycles. The first-order valence-corrected chi connectivity index (χ1v) is 6.12. The van der Waals surface area contributed by atoms with Gasteiger partial charge >= 0.3 is 16.0 Å². The summed E-state index contributed by atoms with van der Waals surface area (Å²) in [6, 6.07) is 7.40. The maximum absolute atomic E-state index is 12.6. The fourth-order valence-corrected chi connectivity index (χ4v) is 1.71. The summed E-state index contributed by atoms with van der Waals surface area (Å²) >= 11 is 0.258. The van der Waals surface area contributed by atoms with Crippen LogP contribution < -0.4 is 0 Å². The maximum atomic E-state index is 12.6. The van der Waals surface area contributed by atoms with Gasteiger partial charge in [0.25, 0.3) is 0 Å². The number of rotatable bonds is 3. The number of alkyl halides is 7. The predicted octanol–water partition coefficient (Wildman–Crippen LogP) is 5.02. The zero-order valence-electron chi connectivity index (χ0n) is 9.52. The fraction of sp³-hybridized carbons (Fsp3) is 0.455. The van der Waals surface area contributed by atoms with Gasteiger partial charge in [-0.05, 0) is 35.1 Å². The van der Waals surface area contributed by atoms with Crippen molar-refractivity contribution in [2.45, 2.75) is 29.0 Å². The molecule has 0 N–H and O–H groups in total. The van der Waals surface area contributed by atoms with Crippen molar-refractivity contribution in [3.63, 3.8) is 0 Å². The van der Waals surface area contributed by atoms with E-state index in [1.165, 1.54) is 24.3 Å². The van der Waals surface area contributed by atoms with Crippen molar-refractivity contribution < 1.29 is 31.1 Å². The highest BCUT2D eigenvalue weighted by Crippen LogP contribution is 2.52. The summed E-state index contributed by atoms with van der Waals surface area (Å²) in [7, 11) is 0. The van der Waals surface area contributed by atoms with Crippen molar-refractivity contribution in [3.8, 4) is 0 Å². The molecular formula is C11H9F6IO. The summed E-state index contributed by atoms with van der Waals surface area (Å²) in [4.78, 5) is 0. The molecule has 0 bridgehead atoms. The lowest BCUT2D eigenvalue weighted by atomic mass is 10.1. The molecule has 1 atom stereocenters. The number of benzene rings is 1. The van der Waals surface area contributed by atoms with E-state index in [0.29, 0.717) is 0 Å². The van der Waals surface area contributed by atoms with Crippen molar-refractivity contribution in [2.75, 3.05) is 0 Å². The third-order valence-corrected chi connectivity index (χ3v) is 3.81. The van der Waals surface area contributed by atoms with Gasteiger partial charge in [0.15, 0.2) is 0 Å². The highest BCUT2D eigenvalue weighted by molar-refractivity contribution is 14.1. The van der Waals surface area contributed by atoms with Gasteiger partial charge in [-0.1, -0.05) is 30.3 Å². The SMILES string of the molecule is CC(OC(I)(C(F)(F)F)C(F)(F)F)c1ccccc1. The predicted molar refractivity (Wildman–Crippen MR) is 64.8 cm³/mol. The Morgan fingerprint density at radius 2 is 1.37 bits per heavy atom. The van der Waals surface area contributed by atoms with Crippen LogP contribution in [0.2, 0.25) is 0 Å². The molecule has 0 aliphatic carbocycles. The molecule has 0 heterocycles. The molecule has 1 nitrogen and oxygen atoms in total. The second-order valence-electron chi connectivity index (χ2n) is 3.76. The zero-order chi connectivity index (χ0) is 14.9. The van der Waals surface area contributed by atoms with Crippen LogP contribution in [0.5, 0.6) is 0 Å². The molecule has 1 aromatic rings. The van der Waals surface area contributed by atoms with E-state index < -0.39 is 22.1 Å². The number of hydrogen-bond acceptors (Lipinski definition) is 1. The highest BCUT2D eigenvalue weighted by atomic mass is 127. The summed E-state index contributed by atoms with van der Waals surface area (Å²) in [5, 5.41) is 0. The molecule has 0 aliphatic heterocycles. The summed E-state index contributed by atoms with van der Waals surface area (Å²) in [5.41, 5.74) is 0.233. The summed E-state index contributed by atoms with van der Waals surface area (Å²) in [6.07, 6.45) is -12.5. The van der Waals surface area contributed by atoms with Crippen LogP contribution in [0, 0.1) is 0 Å². The Labute approximate surface area is 119 Å². The molecule has 1 aromatic carbocycles. The zero-order valence-corrected chi connectivity index (χ0v) is 11.7. The molecule has 1 unspecified atom stereocenters. The minimum absolute atomic E-state index is 0.233. The summed E-state index contributed by atoms with van der Waals surface area (Å²) in [6.45, 7) is 1.14. The number of ether oxygens (including phenoxy) is 1. The third-order valence-electron chi connectivity index (χ3n) is 2.34. The van der Waals surface area contributed by atoms with Gasteiger partial charge in [0.05, 0.1) is 6.10 Å². The molecule has 8 heteroatoms. The van der Waals surface area contributed by atoms with Gasteiger partial charge < -0.3 is 4.74 Å².